The normalized spacial score (nSPS) is 15.0. The number of carbonyl (C=O) groups excluding carboxylic acids is 1. The molecule has 0 bridgehead atoms. The van der Waals surface area contributed by atoms with Gasteiger partial charge in [0.1, 0.15) is 4.83 Å². The molecule has 110 valence electrons. The van der Waals surface area contributed by atoms with E-state index in [1.807, 2.05) is 67.6 Å². The van der Waals surface area contributed by atoms with Crippen LogP contribution in [0.4, 0.5) is 0 Å². The summed E-state index contributed by atoms with van der Waals surface area (Å²) in [5.41, 5.74) is 2.17. The minimum atomic E-state index is -0.328. The maximum atomic E-state index is 12.4. The van der Waals surface area contributed by atoms with E-state index < -0.39 is 0 Å². The van der Waals surface area contributed by atoms with Gasteiger partial charge in [-0.05, 0) is 18.1 Å². The maximum absolute atomic E-state index is 12.4. The number of alkyl halides is 2. The Kier molecular flexibility index (Phi) is 6.00. The average Bonchev–Trinajstić information content (AvgIpc) is 2.55. The van der Waals surface area contributed by atoms with Gasteiger partial charge in [0.15, 0.2) is 0 Å². The van der Waals surface area contributed by atoms with Crippen LogP contribution >= 0.6 is 31.9 Å². The second-order valence-corrected chi connectivity index (χ2v) is 6.83. The van der Waals surface area contributed by atoms with Gasteiger partial charge >= 0.3 is 0 Å². The van der Waals surface area contributed by atoms with Crippen molar-refractivity contribution in [2.24, 2.45) is 0 Å². The van der Waals surface area contributed by atoms with E-state index in [-0.39, 0.29) is 21.6 Å². The first-order valence-corrected chi connectivity index (χ1v) is 8.61. The van der Waals surface area contributed by atoms with Gasteiger partial charge < -0.3 is 5.32 Å². The third-order valence-corrected chi connectivity index (χ3v) is 6.00. The lowest BCUT2D eigenvalue weighted by atomic mass is 10.1. The van der Waals surface area contributed by atoms with Gasteiger partial charge in [-0.1, -0.05) is 92.5 Å². The quantitative estimate of drug-likeness (QED) is 0.707. The van der Waals surface area contributed by atoms with E-state index in [1.54, 1.807) is 0 Å². The fourth-order valence-electron chi connectivity index (χ4n) is 2.06. The highest BCUT2D eigenvalue weighted by molar-refractivity contribution is 9.12. The fourth-order valence-corrected chi connectivity index (χ4v) is 3.04. The van der Waals surface area contributed by atoms with Crippen molar-refractivity contribution in [1.29, 1.82) is 0 Å². The molecule has 21 heavy (non-hydrogen) atoms. The van der Waals surface area contributed by atoms with Crippen LogP contribution in [0.2, 0.25) is 0 Å². The zero-order valence-electron chi connectivity index (χ0n) is 11.7. The second kappa shape index (κ2) is 7.76. The second-order valence-electron chi connectivity index (χ2n) is 4.86. The van der Waals surface area contributed by atoms with Crippen molar-refractivity contribution in [2.75, 3.05) is 0 Å². The van der Waals surface area contributed by atoms with Crippen molar-refractivity contribution in [1.82, 2.24) is 5.32 Å². The number of benzene rings is 2. The highest BCUT2D eigenvalue weighted by atomic mass is 79.9. The highest BCUT2D eigenvalue weighted by Crippen LogP contribution is 2.31. The number of nitrogens with one attached hydrogen (secondary N) is 1. The van der Waals surface area contributed by atoms with Gasteiger partial charge in [0.05, 0.1) is 10.9 Å². The molecular weight excluding hydrogens is 394 g/mol. The average molecular weight is 411 g/mol. The van der Waals surface area contributed by atoms with Gasteiger partial charge in [0.25, 0.3) is 0 Å². The molecule has 0 unspecified atom stereocenters. The molecule has 2 aromatic carbocycles. The first-order valence-electron chi connectivity index (χ1n) is 6.78. The van der Waals surface area contributed by atoms with Gasteiger partial charge in [-0.15, -0.1) is 0 Å². The molecule has 0 radical (unpaired) electrons. The molecule has 2 aromatic rings. The van der Waals surface area contributed by atoms with Gasteiger partial charge in [0, 0.05) is 0 Å². The van der Waals surface area contributed by atoms with Crippen molar-refractivity contribution in [3.63, 3.8) is 0 Å². The Hall–Kier alpha value is -1.13. The molecule has 0 saturated carbocycles. The summed E-state index contributed by atoms with van der Waals surface area (Å²) in [5.74, 6) is -0.0305. The Balaban J connectivity index is 2.00. The Morgan fingerprint density at radius 1 is 0.905 bits per heavy atom. The van der Waals surface area contributed by atoms with E-state index in [9.17, 15) is 4.79 Å². The third kappa shape index (κ3) is 4.42. The summed E-state index contributed by atoms with van der Waals surface area (Å²) in [5, 5.41) is 3.03. The van der Waals surface area contributed by atoms with E-state index in [2.05, 4.69) is 37.2 Å². The van der Waals surface area contributed by atoms with Crippen molar-refractivity contribution in [2.45, 2.75) is 22.6 Å². The number of hydrogen-bond donors (Lipinski definition) is 1. The van der Waals surface area contributed by atoms with Gasteiger partial charge in [-0.25, -0.2) is 0 Å². The lowest BCUT2D eigenvalue weighted by Crippen LogP contribution is -2.35. The lowest BCUT2D eigenvalue weighted by molar-refractivity contribution is -0.121. The smallest absolute Gasteiger partial charge is 0.235 e. The van der Waals surface area contributed by atoms with Crippen LogP contribution in [0.5, 0.6) is 0 Å². The minimum absolute atomic E-state index is 0.0192. The summed E-state index contributed by atoms with van der Waals surface area (Å²) in [6.45, 7) is 1.98. The summed E-state index contributed by atoms with van der Waals surface area (Å²) in [6.07, 6.45) is 0. The van der Waals surface area contributed by atoms with Crippen LogP contribution in [-0.4, -0.2) is 10.7 Å². The highest BCUT2D eigenvalue weighted by Gasteiger charge is 2.25. The molecule has 0 spiro atoms. The predicted octanol–water partition coefficient (Wildman–Crippen LogP) is 4.76. The number of amides is 1. The molecule has 0 aliphatic rings. The maximum Gasteiger partial charge on any atom is 0.235 e. The van der Waals surface area contributed by atoms with E-state index in [1.165, 1.54) is 0 Å². The zero-order valence-corrected chi connectivity index (χ0v) is 14.8. The van der Waals surface area contributed by atoms with Crippen LogP contribution < -0.4 is 5.32 Å². The molecule has 1 amide bonds. The first-order chi connectivity index (χ1) is 10.1. The SMILES string of the molecule is C[C@H](NC(=O)[C@H](Br)[C@@H](Br)c1ccccc1)c1ccccc1. The molecule has 0 saturated heterocycles. The van der Waals surface area contributed by atoms with Gasteiger partial charge in [0.2, 0.25) is 5.91 Å². The van der Waals surface area contributed by atoms with E-state index in [4.69, 9.17) is 0 Å². The monoisotopic (exact) mass is 409 g/mol. The van der Waals surface area contributed by atoms with Crippen LogP contribution in [0.25, 0.3) is 0 Å². The molecule has 0 aliphatic heterocycles. The van der Waals surface area contributed by atoms with E-state index in [0.717, 1.165) is 11.1 Å². The molecular formula is C17H17Br2NO. The zero-order chi connectivity index (χ0) is 15.2. The lowest BCUT2D eigenvalue weighted by Gasteiger charge is -2.20. The van der Waals surface area contributed by atoms with Crippen molar-refractivity contribution >= 4 is 37.8 Å². The third-order valence-electron chi connectivity index (χ3n) is 3.28. The predicted molar refractivity (Wildman–Crippen MR) is 93.8 cm³/mol. The number of halogens is 2. The Morgan fingerprint density at radius 2 is 1.38 bits per heavy atom. The largest absolute Gasteiger partial charge is 0.349 e. The summed E-state index contributed by atoms with van der Waals surface area (Å²) in [4.78, 5) is 12.0. The summed E-state index contributed by atoms with van der Waals surface area (Å²) in [6, 6.07) is 19.8. The van der Waals surface area contributed by atoms with Crippen molar-refractivity contribution in [3.8, 4) is 0 Å². The van der Waals surface area contributed by atoms with Gasteiger partial charge in [-0.2, -0.15) is 0 Å². The van der Waals surface area contributed by atoms with Crippen LogP contribution in [0.15, 0.2) is 60.7 Å². The molecule has 0 fully saturated rings. The molecule has 1 N–H and O–H groups in total. The topological polar surface area (TPSA) is 29.1 Å². The van der Waals surface area contributed by atoms with Gasteiger partial charge in [-0.3, -0.25) is 4.79 Å². The first kappa shape index (κ1) is 16.2. The summed E-state index contributed by atoms with van der Waals surface area (Å²) >= 11 is 7.08. The molecule has 3 atom stereocenters. The Labute approximate surface area is 142 Å². The van der Waals surface area contributed by atoms with Crippen molar-refractivity contribution < 1.29 is 4.79 Å². The number of rotatable bonds is 5. The van der Waals surface area contributed by atoms with E-state index >= 15 is 0 Å². The Morgan fingerprint density at radius 3 is 1.90 bits per heavy atom. The summed E-state index contributed by atoms with van der Waals surface area (Å²) in [7, 11) is 0. The standard InChI is InChI=1S/C17H17Br2NO/c1-12(13-8-4-2-5-9-13)20-17(21)16(19)15(18)14-10-6-3-7-11-14/h2-12,15-16H,1H3,(H,20,21)/t12-,15-,16+/m0/s1. The Bertz CT molecular complexity index is 574. The molecule has 0 heterocycles. The molecule has 0 aliphatic carbocycles. The number of hydrogen-bond acceptors (Lipinski definition) is 1. The number of carbonyl (C=O) groups is 1. The summed E-state index contributed by atoms with van der Waals surface area (Å²) < 4.78 is 0. The van der Waals surface area contributed by atoms with E-state index in [0.29, 0.717) is 0 Å². The minimum Gasteiger partial charge on any atom is -0.349 e. The molecule has 2 nitrogen and oxygen atoms in total. The molecule has 0 aromatic heterocycles. The van der Waals surface area contributed by atoms with Crippen LogP contribution in [0.3, 0.4) is 0 Å². The molecule has 2 rings (SSSR count). The molecule has 4 heteroatoms. The van der Waals surface area contributed by atoms with Crippen LogP contribution in [-0.2, 0) is 4.79 Å². The van der Waals surface area contributed by atoms with Crippen LogP contribution in [0, 0.1) is 0 Å². The van der Waals surface area contributed by atoms with Crippen LogP contribution in [0.1, 0.15) is 28.9 Å². The fraction of sp³-hybridized carbons (Fsp3) is 0.235. The van der Waals surface area contributed by atoms with Crippen molar-refractivity contribution in [3.05, 3.63) is 71.8 Å².